The normalized spacial score (nSPS) is 18.1. The maximum atomic E-state index is 6.02. The number of aromatic nitrogens is 6. The van der Waals surface area contributed by atoms with E-state index in [4.69, 9.17) is 5.73 Å². The third kappa shape index (κ3) is 3.71. The second kappa shape index (κ2) is 7.48. The van der Waals surface area contributed by atoms with Crippen LogP contribution in [0.1, 0.15) is 41.8 Å². The Balaban J connectivity index is 1.47. The maximum absolute atomic E-state index is 6.02. The lowest BCUT2D eigenvalue weighted by Crippen LogP contribution is -2.35. The molecule has 1 aliphatic heterocycles. The molecule has 27 heavy (non-hydrogen) atoms. The molecule has 8 nitrogen and oxygen atoms in total. The molecule has 3 aromatic heterocycles. The Bertz CT molecular complexity index is 912. The van der Waals surface area contributed by atoms with Gasteiger partial charge in [0.15, 0.2) is 5.82 Å². The Hall–Kier alpha value is -2.74. The van der Waals surface area contributed by atoms with Crippen molar-refractivity contribution in [2.45, 2.75) is 38.8 Å². The number of rotatable bonds is 5. The van der Waals surface area contributed by atoms with Gasteiger partial charge >= 0.3 is 0 Å². The van der Waals surface area contributed by atoms with E-state index in [0.717, 1.165) is 55.5 Å². The van der Waals surface area contributed by atoms with Crippen molar-refractivity contribution in [2.24, 2.45) is 7.05 Å². The van der Waals surface area contributed by atoms with Crippen molar-refractivity contribution in [1.29, 1.82) is 0 Å². The highest BCUT2D eigenvalue weighted by Crippen LogP contribution is 2.27. The van der Waals surface area contributed by atoms with Crippen LogP contribution in [0.2, 0.25) is 0 Å². The summed E-state index contributed by atoms with van der Waals surface area (Å²) in [6, 6.07) is 4.00. The Morgan fingerprint density at radius 2 is 2.07 bits per heavy atom. The molecule has 0 spiro atoms. The van der Waals surface area contributed by atoms with Gasteiger partial charge in [-0.1, -0.05) is 6.07 Å². The summed E-state index contributed by atoms with van der Waals surface area (Å²) in [7, 11) is 2.06. The van der Waals surface area contributed by atoms with E-state index in [2.05, 4.69) is 47.3 Å². The fraction of sp³-hybridized carbons (Fsp3) is 0.474. The molecule has 0 saturated carbocycles. The van der Waals surface area contributed by atoms with E-state index in [0.29, 0.717) is 18.3 Å². The summed E-state index contributed by atoms with van der Waals surface area (Å²) in [5.41, 5.74) is 7.11. The van der Waals surface area contributed by atoms with Crippen molar-refractivity contribution in [2.75, 3.05) is 18.8 Å². The van der Waals surface area contributed by atoms with Gasteiger partial charge < -0.3 is 14.9 Å². The van der Waals surface area contributed by atoms with Gasteiger partial charge in [-0.2, -0.15) is 0 Å². The van der Waals surface area contributed by atoms with Crippen LogP contribution in [0.15, 0.2) is 30.7 Å². The van der Waals surface area contributed by atoms with Crippen LogP contribution in [0, 0.1) is 6.92 Å². The minimum Gasteiger partial charge on any atom is -0.383 e. The van der Waals surface area contributed by atoms with Gasteiger partial charge in [0.1, 0.15) is 17.5 Å². The van der Waals surface area contributed by atoms with Crippen LogP contribution >= 0.6 is 0 Å². The van der Waals surface area contributed by atoms with Gasteiger partial charge in [-0.3, -0.25) is 4.90 Å². The Morgan fingerprint density at radius 1 is 1.19 bits per heavy atom. The van der Waals surface area contributed by atoms with E-state index in [1.165, 1.54) is 0 Å². The van der Waals surface area contributed by atoms with E-state index in [-0.39, 0.29) is 0 Å². The van der Waals surface area contributed by atoms with Crippen LogP contribution in [-0.4, -0.2) is 47.3 Å². The minimum absolute atomic E-state index is 0.381. The van der Waals surface area contributed by atoms with E-state index in [1.807, 2.05) is 25.4 Å². The highest BCUT2D eigenvalue weighted by Gasteiger charge is 2.26. The Labute approximate surface area is 159 Å². The first-order chi connectivity index (χ1) is 13.1. The molecular weight excluding hydrogens is 340 g/mol. The molecule has 2 N–H and O–H groups in total. The second-order valence-corrected chi connectivity index (χ2v) is 7.26. The van der Waals surface area contributed by atoms with Gasteiger partial charge in [0.25, 0.3) is 0 Å². The zero-order valence-electron chi connectivity index (χ0n) is 15.9. The Morgan fingerprint density at radius 3 is 2.85 bits per heavy atom. The molecule has 0 aliphatic carbocycles. The average molecular weight is 366 g/mol. The van der Waals surface area contributed by atoms with Crippen LogP contribution in [0.4, 0.5) is 5.82 Å². The fourth-order valence-corrected chi connectivity index (χ4v) is 3.83. The molecule has 142 valence electrons. The minimum atomic E-state index is 0.381. The summed E-state index contributed by atoms with van der Waals surface area (Å²) in [5.74, 6) is 4.01. The quantitative estimate of drug-likeness (QED) is 0.739. The number of aryl methyl sites for hydroxylation is 1. The predicted octanol–water partition coefficient (Wildman–Crippen LogP) is 1.73. The van der Waals surface area contributed by atoms with Gasteiger partial charge in [-0.05, 0) is 32.4 Å². The molecular formula is C19H26N8. The van der Waals surface area contributed by atoms with Crippen molar-refractivity contribution in [3.8, 4) is 0 Å². The van der Waals surface area contributed by atoms with Crippen molar-refractivity contribution in [3.63, 3.8) is 0 Å². The highest BCUT2D eigenvalue weighted by molar-refractivity contribution is 5.38. The number of anilines is 1. The maximum Gasteiger partial charge on any atom is 0.152 e. The summed E-state index contributed by atoms with van der Waals surface area (Å²) in [6.07, 6.45) is 7.81. The lowest BCUT2D eigenvalue weighted by Gasteiger charge is -2.32. The topological polar surface area (TPSA) is 90.7 Å². The molecule has 4 rings (SSSR count). The lowest BCUT2D eigenvalue weighted by molar-refractivity contribution is 0.195. The number of imidazole rings is 1. The number of hydrogen-bond donors (Lipinski definition) is 1. The smallest absolute Gasteiger partial charge is 0.152 e. The largest absolute Gasteiger partial charge is 0.383 e. The summed E-state index contributed by atoms with van der Waals surface area (Å²) in [6.45, 7) is 5.56. The van der Waals surface area contributed by atoms with Crippen LogP contribution < -0.4 is 5.73 Å². The zero-order valence-corrected chi connectivity index (χ0v) is 15.9. The molecule has 4 heterocycles. The second-order valence-electron chi connectivity index (χ2n) is 7.26. The standard InChI is InChI=1S/C19H26N8/c1-14-21-8-10-27(14)13-17-23-24-19(25(17)2)16-6-4-9-26(12-16)11-15-5-3-7-22-18(15)20/h3,5,7-8,10,16H,4,6,9,11-13H2,1-2H3,(H2,20,22). The molecule has 0 bridgehead atoms. The molecule has 1 aliphatic rings. The van der Waals surface area contributed by atoms with Crippen LogP contribution in [0.25, 0.3) is 0 Å². The molecule has 8 heteroatoms. The summed E-state index contributed by atoms with van der Waals surface area (Å²) in [4.78, 5) is 10.9. The SMILES string of the molecule is Cc1nccn1Cc1nnc(C2CCCN(Cc3cccnc3N)C2)n1C. The third-order valence-corrected chi connectivity index (χ3v) is 5.42. The van der Waals surface area contributed by atoms with Crippen molar-refractivity contribution in [3.05, 3.63) is 53.8 Å². The number of nitrogens with two attached hydrogens (primary N) is 1. The zero-order chi connectivity index (χ0) is 18.8. The average Bonchev–Trinajstić information content (AvgIpc) is 3.24. The molecule has 1 atom stereocenters. The number of nitrogen functional groups attached to an aromatic ring is 1. The first-order valence-corrected chi connectivity index (χ1v) is 9.39. The first-order valence-electron chi connectivity index (χ1n) is 9.39. The number of nitrogens with zero attached hydrogens (tertiary/aromatic N) is 7. The van der Waals surface area contributed by atoms with Crippen molar-refractivity contribution >= 4 is 5.82 Å². The van der Waals surface area contributed by atoms with Crippen molar-refractivity contribution < 1.29 is 0 Å². The first kappa shape index (κ1) is 17.7. The number of likely N-dealkylation sites (tertiary alicyclic amines) is 1. The number of hydrogen-bond acceptors (Lipinski definition) is 6. The van der Waals surface area contributed by atoms with Crippen molar-refractivity contribution in [1.82, 2.24) is 34.2 Å². The third-order valence-electron chi connectivity index (χ3n) is 5.42. The van der Waals surface area contributed by atoms with Gasteiger partial charge in [0.05, 0.1) is 6.54 Å². The molecule has 0 amide bonds. The molecule has 0 aromatic carbocycles. The van der Waals surface area contributed by atoms with Gasteiger partial charge in [-0.15, -0.1) is 10.2 Å². The summed E-state index contributed by atoms with van der Waals surface area (Å²) in [5, 5.41) is 8.97. The van der Waals surface area contributed by atoms with E-state index in [9.17, 15) is 0 Å². The van der Waals surface area contributed by atoms with Gasteiger partial charge in [-0.25, -0.2) is 9.97 Å². The molecule has 1 fully saturated rings. The van der Waals surface area contributed by atoms with E-state index >= 15 is 0 Å². The van der Waals surface area contributed by atoms with Gasteiger partial charge in [0, 0.05) is 50.2 Å². The van der Waals surface area contributed by atoms with Crippen LogP contribution in [0.5, 0.6) is 0 Å². The van der Waals surface area contributed by atoms with Crippen LogP contribution in [-0.2, 0) is 20.1 Å². The monoisotopic (exact) mass is 366 g/mol. The summed E-state index contributed by atoms with van der Waals surface area (Å²) >= 11 is 0. The summed E-state index contributed by atoms with van der Waals surface area (Å²) < 4.78 is 4.23. The van der Waals surface area contributed by atoms with Crippen LogP contribution in [0.3, 0.4) is 0 Å². The molecule has 0 radical (unpaired) electrons. The van der Waals surface area contributed by atoms with E-state index in [1.54, 1.807) is 6.20 Å². The predicted molar refractivity (Wildman–Crippen MR) is 103 cm³/mol. The Kier molecular flexibility index (Phi) is 4.89. The fourth-order valence-electron chi connectivity index (χ4n) is 3.83. The molecule has 3 aromatic rings. The lowest BCUT2D eigenvalue weighted by atomic mass is 9.96. The van der Waals surface area contributed by atoms with E-state index < -0.39 is 0 Å². The highest BCUT2D eigenvalue weighted by atomic mass is 15.3. The number of piperidine rings is 1. The molecule has 1 saturated heterocycles. The van der Waals surface area contributed by atoms with Gasteiger partial charge in [0.2, 0.25) is 0 Å². The molecule has 1 unspecified atom stereocenters. The number of pyridine rings is 1.